The van der Waals surface area contributed by atoms with Gasteiger partial charge in [-0.25, -0.2) is 4.79 Å². The molecule has 4 aliphatic heterocycles. The number of carbonyl (C=O) groups is 2. The maximum Gasteiger partial charge on any atom is 0.342 e. The van der Waals surface area contributed by atoms with Gasteiger partial charge in [0.25, 0.3) is 0 Å². The van der Waals surface area contributed by atoms with Gasteiger partial charge in [-0.15, -0.1) is 0 Å². The highest BCUT2D eigenvalue weighted by molar-refractivity contribution is 6.25. The van der Waals surface area contributed by atoms with E-state index in [9.17, 15) is 70.9 Å². The zero-order valence-corrected chi connectivity index (χ0v) is 75.6. The Bertz CT molecular complexity index is 4850. The van der Waals surface area contributed by atoms with E-state index in [2.05, 4.69) is 47.3 Å². The molecule has 12 atom stereocenters. The third kappa shape index (κ3) is 18.1. The van der Waals surface area contributed by atoms with Crippen LogP contribution in [-0.2, 0) is 47.2 Å². The van der Waals surface area contributed by atoms with Crippen molar-refractivity contribution in [2.24, 2.45) is 17.8 Å². The van der Waals surface area contributed by atoms with Crippen LogP contribution in [0.25, 0.3) is 11.1 Å². The molecule has 5 aliphatic carbocycles. The molecule has 1 fully saturated rings. The van der Waals surface area contributed by atoms with Gasteiger partial charge in [-0.1, -0.05) is 109 Å². The molecule has 0 saturated heterocycles. The molecular formula is C102H140O19. The molecule has 4 heterocycles. The first-order valence-corrected chi connectivity index (χ1v) is 45.0. The Balaban J connectivity index is 0.000000168. The van der Waals surface area contributed by atoms with E-state index in [1.807, 2.05) is 86.6 Å². The van der Waals surface area contributed by atoms with Crippen LogP contribution in [0.15, 0.2) is 101 Å². The van der Waals surface area contributed by atoms with Crippen LogP contribution in [0.5, 0.6) is 57.5 Å². The molecule has 121 heavy (non-hydrogen) atoms. The average Bonchev–Trinajstić information content (AvgIpc) is 0.682. The van der Waals surface area contributed by atoms with E-state index in [0.29, 0.717) is 87.6 Å². The Morgan fingerprint density at radius 3 is 1.64 bits per heavy atom. The number of aromatic hydroxyl groups is 6. The number of hydrogen-bond donors (Lipinski definition) is 12. The van der Waals surface area contributed by atoms with Crippen molar-refractivity contribution < 1.29 is 94.6 Å². The largest absolute Gasteiger partial charge is 0.508 e. The molecule has 5 aromatic rings. The van der Waals surface area contributed by atoms with E-state index in [-0.39, 0.29) is 87.4 Å². The second-order valence-corrected chi connectivity index (χ2v) is 39.0. The summed E-state index contributed by atoms with van der Waals surface area (Å²) in [5.41, 5.74) is 3.30. The van der Waals surface area contributed by atoms with E-state index in [4.69, 9.17) is 23.7 Å². The summed E-state index contributed by atoms with van der Waals surface area (Å²) >= 11 is 0. The second kappa shape index (κ2) is 36.1. The molecule has 0 radical (unpaired) electrons. The number of fused-ring (bicyclic) bond motifs is 10. The van der Waals surface area contributed by atoms with Crippen LogP contribution in [0.1, 0.15) is 338 Å². The van der Waals surface area contributed by atoms with E-state index < -0.39 is 69.1 Å². The molecule has 6 unspecified atom stereocenters. The van der Waals surface area contributed by atoms with Gasteiger partial charge in [0, 0.05) is 45.9 Å². The van der Waals surface area contributed by atoms with Crippen LogP contribution in [0.3, 0.4) is 0 Å². The van der Waals surface area contributed by atoms with Crippen molar-refractivity contribution in [1.29, 1.82) is 0 Å². The molecule has 0 aromatic heterocycles. The molecule has 0 amide bonds. The maximum absolute atomic E-state index is 14.4. The van der Waals surface area contributed by atoms with Crippen molar-refractivity contribution in [2.75, 3.05) is 0 Å². The third-order valence-corrected chi connectivity index (χ3v) is 27.8. The van der Waals surface area contributed by atoms with Gasteiger partial charge in [0.15, 0.2) is 17.0 Å². The number of aliphatic hydroxyl groups is 6. The number of aryl methyl sites for hydroxylation is 5. The van der Waals surface area contributed by atoms with Crippen molar-refractivity contribution in [3.05, 3.63) is 162 Å². The second-order valence-electron chi connectivity index (χ2n) is 39.0. The Kier molecular flexibility index (Phi) is 27.9. The van der Waals surface area contributed by atoms with Crippen LogP contribution >= 0.6 is 0 Å². The van der Waals surface area contributed by atoms with Crippen molar-refractivity contribution >= 4 is 22.9 Å². The molecule has 0 spiro atoms. The van der Waals surface area contributed by atoms with Gasteiger partial charge in [0.1, 0.15) is 97.2 Å². The van der Waals surface area contributed by atoms with E-state index in [1.54, 1.807) is 65.0 Å². The average molecular weight is 1670 g/mol. The SMILES string of the molecule is C=C(C)[C@@H]1CCC(C)=C[C@H]1c1c(O)cc(CCCCC)c(C(=O)OC2(C)CCC3=C(c4c(O)cc(CCCC)cc4OC3(C)C)C2O)c1O.CCCCc1cc(O)c2c(c1)OC(C)(C)C1(O)C(O)CC(C)=CC21O.CCCCc1cc(O)c2c(c1)OC(C)(C)C1=C2C(=O)C(C)CC1.CCCCc1cc(O)c2c(c1)OC(C)(C)[C@@H]1CC[C@](C)(O)[C@@H](O)[C@@H]21. The van der Waals surface area contributed by atoms with Crippen LogP contribution in [0.4, 0.5) is 0 Å². The highest BCUT2D eigenvalue weighted by Gasteiger charge is 2.69. The summed E-state index contributed by atoms with van der Waals surface area (Å²) in [6, 6.07) is 16.3. The van der Waals surface area contributed by atoms with E-state index in [1.165, 1.54) is 6.08 Å². The minimum Gasteiger partial charge on any atom is -0.508 e. The molecule has 1 saturated carbocycles. The topological polar surface area (TPSA) is 323 Å². The summed E-state index contributed by atoms with van der Waals surface area (Å²) in [4.78, 5) is 27.2. The third-order valence-electron chi connectivity index (χ3n) is 27.8. The molecule has 12 N–H and O–H groups in total. The number of Topliss-reactive ketones (excluding diaryl/α,β-unsaturated/α-hetero) is 1. The van der Waals surface area contributed by atoms with Gasteiger partial charge in [-0.2, -0.15) is 0 Å². The number of carbonyl (C=O) groups excluding carboxylic acids is 2. The van der Waals surface area contributed by atoms with Crippen LogP contribution in [0, 0.1) is 17.8 Å². The number of benzene rings is 5. The Labute approximate surface area is 718 Å². The van der Waals surface area contributed by atoms with Gasteiger partial charge in [-0.3, -0.25) is 4.79 Å². The minimum atomic E-state index is -1.98. The predicted molar refractivity (Wildman–Crippen MR) is 474 cm³/mol. The van der Waals surface area contributed by atoms with Crippen LogP contribution < -0.4 is 18.9 Å². The summed E-state index contributed by atoms with van der Waals surface area (Å²) in [7, 11) is 0. The number of unbranched alkanes of at least 4 members (excludes halogenated alkanes) is 6. The van der Waals surface area contributed by atoms with E-state index in [0.717, 1.165) is 179 Å². The summed E-state index contributed by atoms with van der Waals surface area (Å²) in [5.74, 6) is 0.905. The van der Waals surface area contributed by atoms with Gasteiger partial charge in [0.05, 0.1) is 34.5 Å². The summed E-state index contributed by atoms with van der Waals surface area (Å²) < 4.78 is 31.2. The fraction of sp³-hybridized carbons (Fsp3) is 0.588. The highest BCUT2D eigenvalue weighted by Crippen LogP contribution is 2.61. The molecular weight excluding hydrogens is 1530 g/mol. The van der Waals surface area contributed by atoms with Crippen LogP contribution in [-0.4, -0.2) is 131 Å². The van der Waals surface area contributed by atoms with Crippen molar-refractivity contribution in [3.63, 3.8) is 0 Å². The first kappa shape index (κ1) is 93.4. The zero-order valence-electron chi connectivity index (χ0n) is 75.6. The quantitative estimate of drug-likeness (QED) is 0.0196. The summed E-state index contributed by atoms with van der Waals surface area (Å²) in [6.07, 6.45) is 20.8. The van der Waals surface area contributed by atoms with Crippen molar-refractivity contribution in [2.45, 2.75) is 367 Å². The number of hydrogen-bond acceptors (Lipinski definition) is 19. The lowest BCUT2D eigenvalue weighted by Crippen LogP contribution is -2.74. The molecule has 19 nitrogen and oxygen atoms in total. The number of phenolic OH excluding ortho intramolecular Hbond substituents is 6. The van der Waals surface area contributed by atoms with Crippen molar-refractivity contribution in [1.82, 2.24) is 0 Å². The van der Waals surface area contributed by atoms with Gasteiger partial charge >= 0.3 is 5.97 Å². The van der Waals surface area contributed by atoms with E-state index >= 15 is 0 Å². The highest BCUT2D eigenvalue weighted by atomic mass is 16.6. The van der Waals surface area contributed by atoms with Gasteiger partial charge < -0.3 is 85.0 Å². The number of aliphatic hydroxyl groups excluding tert-OH is 3. The smallest absolute Gasteiger partial charge is 0.342 e. The van der Waals surface area contributed by atoms with Crippen LogP contribution in [0.2, 0.25) is 0 Å². The number of phenols is 6. The fourth-order valence-electron chi connectivity index (χ4n) is 20.8. The molecule has 0 bridgehead atoms. The number of ether oxygens (including phenoxy) is 5. The minimum absolute atomic E-state index is 0.00883. The van der Waals surface area contributed by atoms with Gasteiger partial charge in [0.2, 0.25) is 0 Å². The Hall–Kier alpha value is -8.30. The molecule has 9 aliphatic rings. The molecule has 19 heteroatoms. The Morgan fingerprint density at radius 2 is 1.07 bits per heavy atom. The fourth-order valence-corrected chi connectivity index (χ4v) is 20.8. The molecule has 14 rings (SSSR count). The normalized spacial score (nSPS) is 27.8. The number of ketones is 1. The number of allylic oxidation sites excluding steroid dienone is 4. The Morgan fingerprint density at radius 1 is 0.554 bits per heavy atom. The summed E-state index contributed by atoms with van der Waals surface area (Å²) in [5, 5.41) is 134. The van der Waals surface area contributed by atoms with Crippen molar-refractivity contribution in [3.8, 4) is 57.5 Å². The maximum atomic E-state index is 14.4. The number of rotatable bonds is 20. The molecule has 662 valence electrons. The first-order valence-electron chi connectivity index (χ1n) is 45.0. The first-order chi connectivity index (χ1) is 56.7. The lowest BCUT2D eigenvalue weighted by molar-refractivity contribution is -0.272. The zero-order chi connectivity index (χ0) is 88.9. The monoisotopic (exact) mass is 1670 g/mol. The summed E-state index contributed by atoms with van der Waals surface area (Å²) in [6.45, 7) is 41.3. The lowest BCUT2D eigenvalue weighted by Gasteiger charge is -2.58. The number of esters is 1. The standard InChI is InChI=1S/C42H56O7.C20H28O5.C20H30O4.C20H26O3/c1-9-11-13-15-27-23-32(44)35(29-20-25(5)16-17-28(29)24(3)4)38(45)34(27)40(47)49-42(8)19-18-30-36(39(42)46)37-31(43)21-26(14-12-10-2)22-33(37)48-41(30,6)7;1-5-6-7-13-9-14(21)17-15(10-13)25-18(3,4)20(24)16(22)8-12(2)11-19(17,20)23;1-5-6-7-12-10-14(21)17-15(11-12)24-19(2,3)13-8-9-20(4,23)18(22)16(13)17;1-5-6-7-13-10-15(21)18-16(11-13)23-20(3,4)14-9-8-12(2)19(22)17(14)18/h20-23,28-29,39,43-46H,3,9-19H2,1-2,4-8H3;9-11,16,21-24H,5-8H2,1-4H3;10-11,13,16,18,21-23H,5-9H2,1-4H3;10-12,21H,5-9H2,1-4H3/t28-,29+,39?,42?;;13-,16-,18+,20+;/m0.1./s1. The lowest BCUT2D eigenvalue weighted by atomic mass is 9.60. The molecule has 5 aromatic carbocycles. The predicted octanol–water partition coefficient (Wildman–Crippen LogP) is 20.3. The van der Waals surface area contributed by atoms with Gasteiger partial charge in [-0.05, 0) is 318 Å².